The van der Waals surface area contributed by atoms with E-state index in [-0.39, 0.29) is 0 Å². The maximum absolute atomic E-state index is 7.59. The molecule has 6 nitrogen and oxygen atoms in total. The van der Waals surface area contributed by atoms with Crippen molar-refractivity contribution in [3.05, 3.63) is 111 Å². The van der Waals surface area contributed by atoms with Crippen LogP contribution in [0, 0.1) is 13.1 Å². The second-order valence-corrected chi connectivity index (χ2v) is 8.95. The summed E-state index contributed by atoms with van der Waals surface area (Å²) in [5.41, 5.74) is 2.90. The Balaban J connectivity index is 1.56. The number of allylic oxidation sites excluding steroid dienone is 1. The summed E-state index contributed by atoms with van der Waals surface area (Å²) in [5.74, 6) is 0.376. The zero-order valence-corrected chi connectivity index (χ0v) is 18.8. The zero-order valence-electron chi connectivity index (χ0n) is 18.0. The van der Waals surface area contributed by atoms with Crippen molar-refractivity contribution in [2.45, 2.75) is 32.9 Å². The molecule has 0 aliphatic carbocycles. The quantitative estimate of drug-likeness (QED) is 0.445. The molecule has 1 aliphatic rings. The minimum Gasteiger partial charge on any atom is -0.507 e. The van der Waals surface area contributed by atoms with E-state index in [1.54, 1.807) is 18.3 Å². The highest BCUT2D eigenvalue weighted by Gasteiger charge is 2.37. The third-order valence-electron chi connectivity index (χ3n) is 5.10. The number of benzene rings is 1. The Bertz CT molecular complexity index is 1330. The molecular formula is C25H21N5OS. The Labute approximate surface area is 191 Å². The SMILES string of the molecule is [C-]#[N+]C1=C(/C=C/c2ccc(-c3cn(Cc4ccccc4)nn3)s2)C(C)(C)O/C1=C(\C)[N+]#[C-]. The van der Waals surface area contributed by atoms with Crippen molar-refractivity contribution in [1.29, 1.82) is 0 Å². The van der Waals surface area contributed by atoms with Gasteiger partial charge in [0.15, 0.2) is 5.70 Å². The summed E-state index contributed by atoms with van der Waals surface area (Å²) in [7, 11) is 0. The van der Waals surface area contributed by atoms with Crippen molar-refractivity contribution >= 4 is 17.4 Å². The van der Waals surface area contributed by atoms with E-state index >= 15 is 0 Å². The van der Waals surface area contributed by atoms with Crippen LogP contribution in [0.5, 0.6) is 0 Å². The smallest absolute Gasteiger partial charge is 0.224 e. The minimum absolute atomic E-state index is 0.376. The van der Waals surface area contributed by atoms with Gasteiger partial charge in [0.25, 0.3) is 0 Å². The largest absolute Gasteiger partial charge is 0.507 e. The highest BCUT2D eigenvalue weighted by molar-refractivity contribution is 7.16. The average Bonchev–Trinajstić information content (AvgIpc) is 3.50. The normalized spacial score (nSPS) is 16.7. The van der Waals surface area contributed by atoms with Crippen LogP contribution in [0.2, 0.25) is 0 Å². The Morgan fingerprint density at radius 1 is 1.16 bits per heavy atom. The van der Waals surface area contributed by atoms with Crippen molar-refractivity contribution < 1.29 is 4.74 Å². The highest BCUT2D eigenvalue weighted by Crippen LogP contribution is 2.41. The van der Waals surface area contributed by atoms with Gasteiger partial charge in [-0.3, -0.25) is 0 Å². The van der Waals surface area contributed by atoms with Crippen LogP contribution in [-0.4, -0.2) is 20.6 Å². The molecule has 4 rings (SSSR count). The van der Waals surface area contributed by atoms with Gasteiger partial charge in [0, 0.05) is 10.5 Å². The molecule has 32 heavy (non-hydrogen) atoms. The molecule has 0 amide bonds. The third kappa shape index (κ3) is 4.25. The van der Waals surface area contributed by atoms with E-state index < -0.39 is 5.60 Å². The molecule has 0 fully saturated rings. The number of aromatic nitrogens is 3. The van der Waals surface area contributed by atoms with E-state index in [0.29, 0.717) is 23.7 Å². The predicted octanol–water partition coefficient (Wildman–Crippen LogP) is 6.20. The first-order valence-corrected chi connectivity index (χ1v) is 10.8. The van der Waals surface area contributed by atoms with Gasteiger partial charge in [-0.15, -0.1) is 16.4 Å². The molecule has 0 saturated heterocycles. The average molecular weight is 440 g/mol. The molecule has 1 aliphatic heterocycles. The van der Waals surface area contributed by atoms with E-state index in [1.807, 2.05) is 67.2 Å². The molecule has 0 saturated carbocycles. The van der Waals surface area contributed by atoms with Crippen molar-refractivity contribution in [3.63, 3.8) is 0 Å². The first-order valence-electron chi connectivity index (χ1n) is 10.0. The third-order valence-corrected chi connectivity index (χ3v) is 6.18. The fraction of sp³-hybridized carbons (Fsp3) is 0.200. The van der Waals surface area contributed by atoms with E-state index in [1.165, 1.54) is 5.56 Å². The van der Waals surface area contributed by atoms with Crippen LogP contribution in [0.15, 0.2) is 77.5 Å². The van der Waals surface area contributed by atoms with Gasteiger partial charge in [-0.05, 0) is 44.5 Å². The number of rotatable bonds is 5. The summed E-state index contributed by atoms with van der Waals surface area (Å²) in [5, 5.41) is 8.56. The summed E-state index contributed by atoms with van der Waals surface area (Å²) >= 11 is 1.61. The lowest BCUT2D eigenvalue weighted by molar-refractivity contribution is 0.0946. The number of hydrogen-bond acceptors (Lipinski definition) is 4. The van der Waals surface area contributed by atoms with E-state index in [0.717, 1.165) is 21.0 Å². The van der Waals surface area contributed by atoms with Crippen molar-refractivity contribution in [2.24, 2.45) is 0 Å². The monoisotopic (exact) mass is 439 g/mol. The lowest BCUT2D eigenvalue weighted by atomic mass is 9.97. The topological polar surface area (TPSA) is 48.7 Å². The van der Waals surface area contributed by atoms with Gasteiger partial charge in [0.1, 0.15) is 17.1 Å². The second kappa shape index (κ2) is 8.66. The van der Waals surface area contributed by atoms with Gasteiger partial charge >= 0.3 is 0 Å². The first kappa shape index (κ1) is 21.3. The summed E-state index contributed by atoms with van der Waals surface area (Å²) in [6.45, 7) is 21.0. The van der Waals surface area contributed by atoms with E-state index in [4.69, 9.17) is 17.9 Å². The van der Waals surface area contributed by atoms with Crippen LogP contribution < -0.4 is 0 Å². The second-order valence-electron chi connectivity index (χ2n) is 7.84. The molecule has 0 unspecified atom stereocenters. The Hall–Kier alpha value is -3.94. The molecule has 3 aromatic rings. The molecule has 0 N–H and O–H groups in total. The highest BCUT2D eigenvalue weighted by atomic mass is 32.1. The lowest BCUT2D eigenvalue weighted by Crippen LogP contribution is -2.20. The van der Waals surface area contributed by atoms with Crippen LogP contribution >= 0.6 is 11.3 Å². The van der Waals surface area contributed by atoms with Crippen LogP contribution in [0.1, 0.15) is 31.2 Å². The number of hydrogen-bond donors (Lipinski definition) is 0. The summed E-state index contributed by atoms with van der Waals surface area (Å²) in [6.07, 6.45) is 5.84. The summed E-state index contributed by atoms with van der Waals surface area (Å²) < 4.78 is 7.77. The maximum atomic E-state index is 7.59. The molecule has 3 heterocycles. The van der Waals surface area contributed by atoms with E-state index in [2.05, 4.69) is 32.1 Å². The van der Waals surface area contributed by atoms with Crippen molar-refractivity contribution in [3.8, 4) is 10.6 Å². The fourth-order valence-electron chi connectivity index (χ4n) is 3.46. The number of ether oxygens (including phenoxy) is 1. The number of thiophene rings is 1. The van der Waals surface area contributed by atoms with Gasteiger partial charge in [-0.1, -0.05) is 41.6 Å². The Kier molecular flexibility index (Phi) is 5.77. The molecular weight excluding hydrogens is 418 g/mol. The van der Waals surface area contributed by atoms with Crippen LogP contribution in [0.4, 0.5) is 0 Å². The van der Waals surface area contributed by atoms with Crippen molar-refractivity contribution in [1.82, 2.24) is 15.0 Å². The summed E-state index contributed by atoms with van der Waals surface area (Å²) in [4.78, 5) is 9.15. The fourth-order valence-corrected chi connectivity index (χ4v) is 4.32. The molecule has 0 radical (unpaired) electrons. The van der Waals surface area contributed by atoms with Crippen LogP contribution in [-0.2, 0) is 11.3 Å². The predicted molar refractivity (Wildman–Crippen MR) is 126 cm³/mol. The molecule has 0 atom stereocenters. The molecule has 0 bridgehead atoms. The van der Waals surface area contributed by atoms with Crippen LogP contribution in [0.25, 0.3) is 26.3 Å². The minimum atomic E-state index is -0.669. The van der Waals surface area contributed by atoms with Gasteiger partial charge in [0.05, 0.1) is 30.8 Å². The van der Waals surface area contributed by atoms with Gasteiger partial charge in [-0.2, -0.15) is 0 Å². The molecule has 7 heteroatoms. The molecule has 0 spiro atoms. The maximum Gasteiger partial charge on any atom is 0.224 e. The molecule has 1 aromatic carbocycles. The molecule has 2 aromatic heterocycles. The van der Waals surface area contributed by atoms with Gasteiger partial charge in [-0.25, -0.2) is 14.4 Å². The summed E-state index contributed by atoms with van der Waals surface area (Å²) in [6, 6.07) is 14.2. The Morgan fingerprint density at radius 2 is 1.94 bits per heavy atom. The van der Waals surface area contributed by atoms with E-state index in [9.17, 15) is 0 Å². The van der Waals surface area contributed by atoms with Crippen molar-refractivity contribution in [2.75, 3.05) is 0 Å². The zero-order chi connectivity index (χ0) is 22.7. The van der Waals surface area contributed by atoms with Gasteiger partial charge < -0.3 is 4.74 Å². The first-order chi connectivity index (χ1) is 15.4. The molecule has 158 valence electrons. The Morgan fingerprint density at radius 3 is 2.66 bits per heavy atom. The van der Waals surface area contributed by atoms with Gasteiger partial charge in [0.2, 0.25) is 5.70 Å². The lowest BCUT2D eigenvalue weighted by Gasteiger charge is -2.22. The standard InChI is InChI=1S/C25H21N5OS/c1-17(26-4)24-23(27-5)20(25(2,3)31-24)13-11-19-12-14-22(32-19)21-16-30(29-28-21)15-18-9-7-6-8-10-18/h6-14,16H,15H2,1-3H3/b13-11+,24-17+. The van der Waals surface area contributed by atoms with Crippen LogP contribution in [0.3, 0.4) is 0 Å². The number of nitrogens with zero attached hydrogens (tertiary/aromatic N) is 5.